The number of ketones is 1. The first-order valence-electron chi connectivity index (χ1n) is 23.5. The number of amides is 5. The molecular weight excluding hydrogens is 907 g/mol. The molecule has 0 aliphatic carbocycles. The monoisotopic (exact) mass is 971 g/mol. The fraction of sp³-hybridized carbons (Fsp3) is 0.490. The lowest BCUT2D eigenvalue weighted by molar-refractivity contribution is -0.129. The SMILES string of the molecule is CC(C)CN(CC(O)[C@H](C)n1cc(CNC(=O)[C@H](Cc2ccc(C(=O)c3ccccc3)cc2)NC(=O)CCCCCNC(=O)CCCC[C@@H]2SC[C@@H]3NC(=O)N[C@@H]32)nn1)S(=O)(=O)c1ccccc1. The van der Waals surface area contributed by atoms with Gasteiger partial charge in [0.25, 0.3) is 0 Å². The largest absolute Gasteiger partial charge is 0.390 e. The number of aliphatic hydroxyl groups excluding tert-OH is 1. The highest BCUT2D eigenvalue weighted by Crippen LogP contribution is 2.33. The molecule has 2 aliphatic rings. The predicted molar refractivity (Wildman–Crippen MR) is 260 cm³/mol. The number of carbonyl (C=O) groups excluding carboxylic acids is 5. The third-order valence-electron chi connectivity index (χ3n) is 12.1. The number of thioether (sulfide) groups is 1. The van der Waals surface area contributed by atoms with Gasteiger partial charge in [-0.15, -0.1) is 5.10 Å². The summed E-state index contributed by atoms with van der Waals surface area (Å²) in [6.45, 7) is 6.01. The van der Waals surface area contributed by atoms with Gasteiger partial charge < -0.3 is 31.7 Å². The molecule has 17 nitrogen and oxygen atoms in total. The van der Waals surface area contributed by atoms with E-state index in [4.69, 9.17) is 0 Å². The number of carbonyl (C=O) groups is 5. The third kappa shape index (κ3) is 14.9. The minimum Gasteiger partial charge on any atom is -0.390 e. The van der Waals surface area contributed by atoms with E-state index in [-0.39, 0.29) is 79.0 Å². The first-order chi connectivity index (χ1) is 32.7. The molecule has 366 valence electrons. The Morgan fingerprint density at radius 2 is 1.51 bits per heavy atom. The molecule has 0 saturated carbocycles. The molecule has 2 aliphatic heterocycles. The van der Waals surface area contributed by atoms with Crippen LogP contribution in [0.1, 0.15) is 105 Å². The fourth-order valence-corrected chi connectivity index (χ4v) is 11.5. The van der Waals surface area contributed by atoms with Crippen LogP contribution in [0.15, 0.2) is 96.0 Å². The van der Waals surface area contributed by atoms with Crippen LogP contribution >= 0.6 is 11.8 Å². The highest BCUT2D eigenvalue weighted by molar-refractivity contribution is 8.00. The molecule has 5 amide bonds. The van der Waals surface area contributed by atoms with E-state index in [9.17, 15) is 37.5 Å². The highest BCUT2D eigenvalue weighted by atomic mass is 32.2. The summed E-state index contributed by atoms with van der Waals surface area (Å²) in [5.74, 6) is 0.0101. The zero-order valence-electron chi connectivity index (χ0n) is 39.0. The van der Waals surface area contributed by atoms with Crippen LogP contribution in [0.3, 0.4) is 0 Å². The lowest BCUT2D eigenvalue weighted by atomic mass is 9.99. The quantitative estimate of drug-likeness (QED) is 0.0276. The second kappa shape index (κ2) is 25.1. The summed E-state index contributed by atoms with van der Waals surface area (Å²) in [6.07, 6.45) is 5.79. The van der Waals surface area contributed by atoms with E-state index >= 15 is 0 Å². The standard InChI is InChI=1S/C49H65N9O8S2/c1-33(2)29-57(68(65,66)39-17-9-5-10-18-39)31-42(59)34(3)58-30-38(55-56-58)28-51-48(63)40(27-35-22-24-37(25-23-35)47(62)36-15-7-4-8-16-36)52-45(61)21-11-6-14-26-50-44(60)20-13-12-19-43-46-41(32-67-43)53-49(64)54-46/h4-5,7-10,15-18,22-25,30,33-34,40-43,46,59H,6,11-14,19-21,26-29,31-32H2,1-3H3,(H,50,60)(H,51,63)(H,52,61)(H2,53,54,64)/t34-,40-,41-,42?,43-,46-/m0/s1. The van der Waals surface area contributed by atoms with Crippen molar-refractivity contribution in [1.29, 1.82) is 0 Å². The second-order valence-corrected chi connectivity index (χ2v) is 21.2. The first-order valence-corrected chi connectivity index (χ1v) is 26.0. The van der Waals surface area contributed by atoms with Gasteiger partial charge in [0.05, 0.1) is 41.9 Å². The summed E-state index contributed by atoms with van der Waals surface area (Å²) in [5.41, 5.74) is 2.16. The summed E-state index contributed by atoms with van der Waals surface area (Å²) in [7, 11) is -3.88. The Labute approximate surface area is 403 Å². The normalized spacial score (nSPS) is 18.0. The van der Waals surface area contributed by atoms with E-state index in [1.807, 2.05) is 31.7 Å². The van der Waals surface area contributed by atoms with E-state index in [1.54, 1.807) is 79.9 Å². The number of rotatable bonds is 27. The van der Waals surface area contributed by atoms with Crippen molar-refractivity contribution in [3.8, 4) is 0 Å². The van der Waals surface area contributed by atoms with E-state index < -0.39 is 34.1 Å². The van der Waals surface area contributed by atoms with Crippen molar-refractivity contribution in [3.63, 3.8) is 0 Å². The van der Waals surface area contributed by atoms with E-state index in [0.29, 0.717) is 54.3 Å². The number of aliphatic hydroxyl groups is 1. The molecule has 0 bridgehead atoms. The molecular formula is C49H65N9O8S2. The summed E-state index contributed by atoms with van der Waals surface area (Å²) in [4.78, 5) is 64.3. The van der Waals surface area contributed by atoms with Crippen LogP contribution in [0.2, 0.25) is 0 Å². The third-order valence-corrected chi connectivity index (χ3v) is 15.5. The van der Waals surface area contributed by atoms with Crippen molar-refractivity contribution in [3.05, 3.63) is 114 Å². The Bertz CT molecular complexity index is 2400. The van der Waals surface area contributed by atoms with E-state index in [2.05, 4.69) is 36.9 Å². The lowest BCUT2D eigenvalue weighted by Gasteiger charge is -2.28. The number of unbranched alkanes of at least 4 members (excludes halogenated alkanes) is 3. The topological polar surface area (TPSA) is 234 Å². The molecule has 6 rings (SSSR count). The van der Waals surface area contributed by atoms with Crippen LogP contribution < -0.4 is 26.6 Å². The molecule has 6 atom stereocenters. The molecule has 3 heterocycles. The van der Waals surface area contributed by atoms with Gasteiger partial charge in [-0.25, -0.2) is 17.9 Å². The first kappa shape index (κ1) is 51.8. The smallest absolute Gasteiger partial charge is 0.315 e. The van der Waals surface area contributed by atoms with Crippen LogP contribution in [0.5, 0.6) is 0 Å². The van der Waals surface area contributed by atoms with Crippen LogP contribution in [0.4, 0.5) is 4.79 Å². The van der Waals surface area contributed by atoms with Crippen LogP contribution in [-0.2, 0) is 37.4 Å². The number of urea groups is 1. The Morgan fingerprint density at radius 3 is 2.24 bits per heavy atom. The summed E-state index contributed by atoms with van der Waals surface area (Å²) in [6, 6.07) is 22.6. The maximum atomic E-state index is 13.8. The van der Waals surface area contributed by atoms with Gasteiger partial charge in [0.1, 0.15) is 11.7 Å². The van der Waals surface area contributed by atoms with Gasteiger partial charge in [0.15, 0.2) is 5.78 Å². The molecule has 2 fully saturated rings. The number of hydrogen-bond donors (Lipinski definition) is 6. The molecule has 6 N–H and O–H groups in total. The molecule has 1 unspecified atom stereocenters. The second-order valence-electron chi connectivity index (χ2n) is 18.0. The van der Waals surface area contributed by atoms with Crippen molar-refractivity contribution < 1.29 is 37.5 Å². The summed E-state index contributed by atoms with van der Waals surface area (Å²) < 4.78 is 29.8. The Balaban J connectivity index is 0.979. The van der Waals surface area contributed by atoms with Crippen molar-refractivity contribution in [2.45, 2.75) is 126 Å². The van der Waals surface area contributed by atoms with Gasteiger partial charge >= 0.3 is 6.03 Å². The number of nitrogens with one attached hydrogen (secondary N) is 5. The lowest BCUT2D eigenvalue weighted by Crippen LogP contribution is -2.47. The average Bonchev–Trinajstić information content (AvgIpc) is 4.07. The average molecular weight is 972 g/mol. The molecule has 68 heavy (non-hydrogen) atoms. The molecule has 4 aromatic rings. The van der Waals surface area contributed by atoms with Gasteiger partial charge in [-0.05, 0) is 56.2 Å². The number of sulfonamides is 1. The zero-order chi connectivity index (χ0) is 48.6. The van der Waals surface area contributed by atoms with Gasteiger partial charge in [0, 0.05) is 61.0 Å². The number of aromatic nitrogens is 3. The van der Waals surface area contributed by atoms with Crippen molar-refractivity contribution >= 4 is 51.3 Å². The Kier molecular flexibility index (Phi) is 19.1. The van der Waals surface area contributed by atoms with Crippen molar-refractivity contribution in [2.24, 2.45) is 5.92 Å². The van der Waals surface area contributed by atoms with Gasteiger partial charge in [-0.3, -0.25) is 19.2 Å². The van der Waals surface area contributed by atoms with Gasteiger partial charge in [0.2, 0.25) is 27.7 Å². The molecule has 3 aromatic carbocycles. The molecule has 2 saturated heterocycles. The maximum absolute atomic E-state index is 13.8. The van der Waals surface area contributed by atoms with Crippen molar-refractivity contribution in [1.82, 2.24) is 45.9 Å². The van der Waals surface area contributed by atoms with Crippen molar-refractivity contribution in [2.75, 3.05) is 25.4 Å². The van der Waals surface area contributed by atoms with E-state index in [0.717, 1.165) is 30.6 Å². The summed E-state index contributed by atoms with van der Waals surface area (Å²) >= 11 is 1.87. The molecule has 0 spiro atoms. The van der Waals surface area contributed by atoms with E-state index in [1.165, 1.54) is 21.1 Å². The maximum Gasteiger partial charge on any atom is 0.315 e. The Hall–Kier alpha value is -5.63. The molecule has 0 radical (unpaired) electrons. The number of hydrogen-bond acceptors (Lipinski definition) is 11. The number of nitrogens with zero attached hydrogens (tertiary/aromatic N) is 4. The predicted octanol–water partition coefficient (Wildman–Crippen LogP) is 4.52. The van der Waals surface area contributed by atoms with Gasteiger partial charge in [-0.1, -0.05) is 105 Å². The van der Waals surface area contributed by atoms with Gasteiger partial charge in [-0.2, -0.15) is 16.1 Å². The molecule has 1 aromatic heterocycles. The molecule has 19 heteroatoms. The summed E-state index contributed by atoms with van der Waals surface area (Å²) in [5, 5.41) is 34.7. The fourth-order valence-electron chi connectivity index (χ4n) is 8.29. The number of fused-ring (bicyclic) bond motifs is 1. The van der Waals surface area contributed by atoms with Crippen LogP contribution in [0.25, 0.3) is 0 Å². The highest BCUT2D eigenvalue weighted by Gasteiger charge is 2.42. The van der Waals surface area contributed by atoms with Crippen LogP contribution in [-0.4, -0.2) is 117 Å². The minimum absolute atomic E-state index is 0.000124. The minimum atomic E-state index is -3.88. The zero-order valence-corrected chi connectivity index (χ0v) is 40.6. The number of benzene rings is 3. The van der Waals surface area contributed by atoms with Crippen LogP contribution in [0, 0.1) is 5.92 Å². The Morgan fingerprint density at radius 1 is 0.838 bits per heavy atom.